The molecule has 7 nitrogen and oxygen atoms in total. The highest BCUT2D eigenvalue weighted by Crippen LogP contribution is 2.23. The van der Waals surface area contributed by atoms with Crippen molar-refractivity contribution >= 4 is 40.3 Å². The smallest absolute Gasteiger partial charge is 0.261 e. The van der Waals surface area contributed by atoms with E-state index in [-0.39, 0.29) is 11.9 Å². The molecule has 1 amide bonds. The third kappa shape index (κ3) is 2.75. The van der Waals surface area contributed by atoms with Crippen LogP contribution in [0.15, 0.2) is 30.9 Å². The van der Waals surface area contributed by atoms with Gasteiger partial charge in [0.1, 0.15) is 6.33 Å². The number of fused-ring (bicyclic) bond motifs is 1. The molecule has 0 bridgehead atoms. The molecule has 3 aromatic rings. The van der Waals surface area contributed by atoms with E-state index in [1.807, 2.05) is 10.6 Å². The molecule has 1 atom stereocenters. The van der Waals surface area contributed by atoms with Gasteiger partial charge in [-0.15, -0.1) is 21.5 Å². The van der Waals surface area contributed by atoms with Crippen LogP contribution in [0.25, 0.3) is 5.65 Å². The first-order chi connectivity index (χ1) is 11.2. The van der Waals surface area contributed by atoms with E-state index in [9.17, 15) is 4.79 Å². The molecule has 118 valence electrons. The zero-order chi connectivity index (χ0) is 15.8. The van der Waals surface area contributed by atoms with E-state index in [0.717, 1.165) is 24.4 Å². The van der Waals surface area contributed by atoms with Gasteiger partial charge in [0, 0.05) is 31.5 Å². The molecule has 23 heavy (non-hydrogen) atoms. The Bertz CT molecular complexity index is 862. The lowest BCUT2D eigenvalue weighted by molar-refractivity contribution is 0.0944. The number of thiophene rings is 1. The summed E-state index contributed by atoms with van der Waals surface area (Å²) in [5.74, 6) is 0.711. The highest BCUT2D eigenvalue weighted by atomic mass is 35.5. The van der Waals surface area contributed by atoms with Gasteiger partial charge in [-0.25, -0.2) is 4.98 Å². The molecule has 1 N–H and O–H groups in total. The summed E-state index contributed by atoms with van der Waals surface area (Å²) in [7, 11) is 0. The van der Waals surface area contributed by atoms with Crippen molar-refractivity contribution in [1.29, 1.82) is 0 Å². The molecule has 1 aliphatic heterocycles. The number of aromatic nitrogens is 4. The first-order valence-electron chi connectivity index (χ1n) is 7.16. The average molecular weight is 349 g/mol. The fourth-order valence-electron chi connectivity index (χ4n) is 2.73. The van der Waals surface area contributed by atoms with Gasteiger partial charge in [0.15, 0.2) is 5.82 Å². The molecule has 3 aromatic heterocycles. The second-order valence-electron chi connectivity index (χ2n) is 5.32. The summed E-state index contributed by atoms with van der Waals surface area (Å²) in [4.78, 5) is 19.4. The molecule has 4 heterocycles. The van der Waals surface area contributed by atoms with Crippen molar-refractivity contribution in [2.45, 2.75) is 12.5 Å². The second kappa shape index (κ2) is 5.78. The van der Waals surface area contributed by atoms with Crippen LogP contribution in [0.1, 0.15) is 16.1 Å². The predicted octanol–water partition coefficient (Wildman–Crippen LogP) is 1.85. The van der Waals surface area contributed by atoms with Crippen molar-refractivity contribution in [2.24, 2.45) is 0 Å². The molecule has 0 saturated carbocycles. The van der Waals surface area contributed by atoms with E-state index >= 15 is 0 Å². The summed E-state index contributed by atoms with van der Waals surface area (Å²) in [6, 6.07) is 3.55. The minimum Gasteiger partial charge on any atom is -0.351 e. The van der Waals surface area contributed by atoms with Crippen LogP contribution in [0.5, 0.6) is 0 Å². The summed E-state index contributed by atoms with van der Waals surface area (Å²) in [5, 5.41) is 11.1. The van der Waals surface area contributed by atoms with Crippen LogP contribution in [0.4, 0.5) is 5.82 Å². The predicted molar refractivity (Wildman–Crippen MR) is 88.2 cm³/mol. The summed E-state index contributed by atoms with van der Waals surface area (Å²) in [5.41, 5.74) is 0.726. The Hall–Kier alpha value is -2.19. The molecule has 0 radical (unpaired) electrons. The highest BCUT2D eigenvalue weighted by molar-refractivity contribution is 7.18. The van der Waals surface area contributed by atoms with Crippen LogP contribution in [0, 0.1) is 0 Å². The van der Waals surface area contributed by atoms with Crippen molar-refractivity contribution in [1.82, 2.24) is 24.9 Å². The van der Waals surface area contributed by atoms with E-state index in [1.165, 1.54) is 11.3 Å². The highest BCUT2D eigenvalue weighted by Gasteiger charge is 2.27. The lowest BCUT2D eigenvalue weighted by Gasteiger charge is -2.17. The van der Waals surface area contributed by atoms with Crippen molar-refractivity contribution in [2.75, 3.05) is 18.0 Å². The molecule has 9 heteroatoms. The lowest BCUT2D eigenvalue weighted by Crippen LogP contribution is -2.37. The van der Waals surface area contributed by atoms with Gasteiger partial charge in [0.2, 0.25) is 5.65 Å². The van der Waals surface area contributed by atoms with Crippen molar-refractivity contribution in [3.8, 4) is 0 Å². The number of hydrogen-bond donors (Lipinski definition) is 1. The maximum absolute atomic E-state index is 12.2. The third-order valence-electron chi connectivity index (χ3n) is 3.82. The van der Waals surface area contributed by atoms with Gasteiger partial charge in [-0.3, -0.25) is 9.20 Å². The Labute approximate surface area is 140 Å². The normalized spacial score (nSPS) is 17.8. The molecular formula is C14H13ClN6OS. The van der Waals surface area contributed by atoms with Gasteiger partial charge < -0.3 is 10.2 Å². The summed E-state index contributed by atoms with van der Waals surface area (Å²) < 4.78 is 2.45. The van der Waals surface area contributed by atoms with E-state index in [0.29, 0.717) is 15.8 Å². The van der Waals surface area contributed by atoms with Crippen molar-refractivity contribution < 1.29 is 4.79 Å². The molecule has 1 fully saturated rings. The van der Waals surface area contributed by atoms with Crippen LogP contribution in [-0.2, 0) is 0 Å². The Morgan fingerprint density at radius 1 is 1.43 bits per heavy atom. The number of carbonyl (C=O) groups is 1. The number of rotatable bonds is 3. The van der Waals surface area contributed by atoms with Gasteiger partial charge in [-0.1, -0.05) is 11.6 Å². The molecule has 1 saturated heterocycles. The molecule has 1 aliphatic rings. The molecule has 1 unspecified atom stereocenters. The van der Waals surface area contributed by atoms with Crippen LogP contribution in [-0.4, -0.2) is 44.6 Å². The van der Waals surface area contributed by atoms with Crippen LogP contribution < -0.4 is 10.2 Å². The molecule has 0 aromatic carbocycles. The number of amides is 1. The Kier molecular flexibility index (Phi) is 3.62. The van der Waals surface area contributed by atoms with E-state index < -0.39 is 0 Å². The molecule has 4 rings (SSSR count). The van der Waals surface area contributed by atoms with Crippen molar-refractivity contribution in [3.63, 3.8) is 0 Å². The van der Waals surface area contributed by atoms with E-state index in [2.05, 4.69) is 25.4 Å². The zero-order valence-electron chi connectivity index (χ0n) is 12.0. The first kappa shape index (κ1) is 14.4. The fourth-order valence-corrected chi connectivity index (χ4v) is 3.68. The number of nitrogens with zero attached hydrogens (tertiary/aromatic N) is 5. The van der Waals surface area contributed by atoms with Gasteiger partial charge in [0.25, 0.3) is 5.91 Å². The minimum atomic E-state index is -0.0811. The molecule has 0 aliphatic carbocycles. The standard InChI is InChI=1S/C14H13ClN6OS/c15-11-2-1-10(23-11)14(22)18-9-3-5-20(7-9)12-13-19-17-8-21(13)6-4-16-12/h1-2,4,6,8-9H,3,5,7H2,(H,18,22). The van der Waals surface area contributed by atoms with Crippen LogP contribution in [0.2, 0.25) is 4.34 Å². The summed E-state index contributed by atoms with van der Waals surface area (Å²) >= 11 is 7.16. The largest absolute Gasteiger partial charge is 0.351 e. The summed E-state index contributed by atoms with van der Waals surface area (Å²) in [6.45, 7) is 1.51. The minimum absolute atomic E-state index is 0.0772. The van der Waals surface area contributed by atoms with Crippen molar-refractivity contribution in [3.05, 3.63) is 40.1 Å². The fraction of sp³-hybridized carbons (Fsp3) is 0.286. The zero-order valence-corrected chi connectivity index (χ0v) is 13.6. The number of nitrogens with one attached hydrogen (secondary N) is 1. The number of anilines is 1. The lowest BCUT2D eigenvalue weighted by atomic mass is 10.2. The Balaban J connectivity index is 1.47. The van der Waals surface area contributed by atoms with Gasteiger partial charge in [-0.05, 0) is 18.6 Å². The van der Waals surface area contributed by atoms with Gasteiger partial charge in [0.05, 0.1) is 9.21 Å². The van der Waals surface area contributed by atoms with E-state index in [1.54, 1.807) is 24.7 Å². The third-order valence-corrected chi connectivity index (χ3v) is 5.05. The number of carbonyl (C=O) groups excluding carboxylic acids is 1. The SMILES string of the molecule is O=C(NC1CCN(c2nccn3cnnc23)C1)c1ccc(Cl)s1. The topological polar surface area (TPSA) is 75.4 Å². The van der Waals surface area contributed by atoms with Crippen LogP contribution >= 0.6 is 22.9 Å². The van der Waals surface area contributed by atoms with E-state index in [4.69, 9.17) is 11.6 Å². The maximum Gasteiger partial charge on any atom is 0.261 e. The quantitative estimate of drug-likeness (QED) is 0.781. The van der Waals surface area contributed by atoms with Gasteiger partial charge in [-0.2, -0.15) is 0 Å². The Morgan fingerprint density at radius 3 is 3.17 bits per heavy atom. The number of halogens is 1. The average Bonchev–Trinajstić information content (AvgIpc) is 3.26. The summed E-state index contributed by atoms with van der Waals surface area (Å²) in [6.07, 6.45) is 6.05. The first-order valence-corrected chi connectivity index (χ1v) is 8.35. The Morgan fingerprint density at radius 2 is 2.35 bits per heavy atom. The van der Waals surface area contributed by atoms with Crippen LogP contribution in [0.3, 0.4) is 0 Å². The molecule has 0 spiro atoms. The second-order valence-corrected chi connectivity index (χ2v) is 7.04. The maximum atomic E-state index is 12.2. The monoisotopic (exact) mass is 348 g/mol. The number of hydrogen-bond acceptors (Lipinski definition) is 6. The van der Waals surface area contributed by atoms with Gasteiger partial charge >= 0.3 is 0 Å². The molecular weight excluding hydrogens is 336 g/mol.